The standard InChI is InChI=1S/C29H32ClF4N3O6/c1-15(2)10-22(37-29(41)42-9-7-16-4-3-5-18(30)11-16)28(40)36-21(12-17-6-8-35-27(17)39)23(38)14-43-26-24(33)19(31)13-20(32)25(26)34/h3-5,11,13,15,17,21-22H,6-10,12,14H2,1-2H3,(H,35,39)(H,36,40)(H,37,41)/t17-,21?,22?/m0/s1. The van der Waals surface area contributed by atoms with Crippen LogP contribution in [0, 0.1) is 35.1 Å². The van der Waals surface area contributed by atoms with Crippen LogP contribution >= 0.6 is 11.6 Å². The van der Waals surface area contributed by atoms with Crippen molar-refractivity contribution in [3.05, 3.63) is 64.2 Å². The van der Waals surface area contributed by atoms with Crippen molar-refractivity contribution < 1.29 is 46.2 Å². The molecule has 2 aromatic rings. The summed E-state index contributed by atoms with van der Waals surface area (Å²) in [5, 5.41) is 8.09. The lowest BCUT2D eigenvalue weighted by atomic mass is 9.95. The SMILES string of the molecule is CC(C)CC(NC(=O)OCCc1cccc(Cl)c1)C(=O)NC(C[C@@H]1CCNC1=O)C(=O)COc1c(F)c(F)cc(F)c1F. The highest BCUT2D eigenvalue weighted by Gasteiger charge is 2.34. The first-order valence-electron chi connectivity index (χ1n) is 13.6. The summed E-state index contributed by atoms with van der Waals surface area (Å²) in [4.78, 5) is 51.0. The number of Topliss-reactive ketones (excluding diaryl/α,β-unsaturated/α-hetero) is 1. The minimum atomic E-state index is -1.84. The minimum Gasteiger partial charge on any atom is -0.479 e. The molecule has 1 aliphatic rings. The molecule has 14 heteroatoms. The molecule has 0 bridgehead atoms. The van der Waals surface area contributed by atoms with Crippen LogP contribution in [-0.4, -0.2) is 55.5 Å². The average molecular weight is 630 g/mol. The highest BCUT2D eigenvalue weighted by atomic mass is 35.5. The molecule has 0 radical (unpaired) electrons. The fourth-order valence-electron chi connectivity index (χ4n) is 4.46. The van der Waals surface area contributed by atoms with Crippen LogP contribution in [0.3, 0.4) is 0 Å². The number of ether oxygens (including phenoxy) is 2. The van der Waals surface area contributed by atoms with Crippen molar-refractivity contribution in [1.82, 2.24) is 16.0 Å². The summed E-state index contributed by atoms with van der Waals surface area (Å²) >= 11 is 5.96. The van der Waals surface area contributed by atoms with Gasteiger partial charge >= 0.3 is 6.09 Å². The van der Waals surface area contributed by atoms with E-state index in [-0.39, 0.29) is 37.3 Å². The van der Waals surface area contributed by atoms with Gasteiger partial charge in [-0.3, -0.25) is 14.4 Å². The second-order valence-corrected chi connectivity index (χ2v) is 10.9. The van der Waals surface area contributed by atoms with Crippen molar-refractivity contribution in [2.75, 3.05) is 19.8 Å². The summed E-state index contributed by atoms with van der Waals surface area (Å²) in [5.41, 5.74) is 0.831. The topological polar surface area (TPSA) is 123 Å². The number of nitrogens with one attached hydrogen (secondary N) is 3. The van der Waals surface area contributed by atoms with Gasteiger partial charge in [0, 0.05) is 30.0 Å². The summed E-state index contributed by atoms with van der Waals surface area (Å²) in [7, 11) is 0. The second-order valence-electron chi connectivity index (χ2n) is 10.5. The van der Waals surface area contributed by atoms with Gasteiger partial charge in [0.05, 0.1) is 12.6 Å². The van der Waals surface area contributed by atoms with E-state index < -0.39 is 71.4 Å². The van der Waals surface area contributed by atoms with Gasteiger partial charge < -0.3 is 25.4 Å². The van der Waals surface area contributed by atoms with Crippen molar-refractivity contribution in [2.24, 2.45) is 11.8 Å². The van der Waals surface area contributed by atoms with Crippen LogP contribution in [0.1, 0.15) is 38.7 Å². The lowest BCUT2D eigenvalue weighted by molar-refractivity contribution is -0.131. The predicted molar refractivity (Wildman–Crippen MR) is 147 cm³/mol. The summed E-state index contributed by atoms with van der Waals surface area (Å²) in [5.74, 6) is -11.4. The number of hydrogen-bond donors (Lipinski definition) is 3. The molecule has 234 valence electrons. The third-order valence-electron chi connectivity index (χ3n) is 6.65. The number of rotatable bonds is 14. The van der Waals surface area contributed by atoms with Crippen molar-refractivity contribution in [1.29, 1.82) is 0 Å². The molecule has 3 N–H and O–H groups in total. The fourth-order valence-corrected chi connectivity index (χ4v) is 4.67. The highest BCUT2D eigenvalue weighted by Crippen LogP contribution is 2.27. The fraction of sp³-hybridized carbons (Fsp3) is 0.448. The molecule has 3 rings (SSSR count). The second kappa shape index (κ2) is 15.6. The number of halogens is 5. The number of hydrogen-bond acceptors (Lipinski definition) is 6. The maximum atomic E-state index is 14.0. The minimum absolute atomic E-state index is 0.00870. The Kier molecular flexibility index (Phi) is 12.2. The molecule has 0 aromatic heterocycles. The van der Waals surface area contributed by atoms with Gasteiger partial charge in [-0.1, -0.05) is 37.6 Å². The van der Waals surface area contributed by atoms with Crippen LogP contribution in [-0.2, 0) is 25.5 Å². The first-order valence-corrected chi connectivity index (χ1v) is 14.0. The highest BCUT2D eigenvalue weighted by molar-refractivity contribution is 6.30. The molecule has 43 heavy (non-hydrogen) atoms. The Morgan fingerprint density at radius 2 is 1.74 bits per heavy atom. The van der Waals surface area contributed by atoms with Gasteiger partial charge in [0.1, 0.15) is 12.6 Å². The van der Waals surface area contributed by atoms with Crippen molar-refractivity contribution in [3.8, 4) is 5.75 Å². The molecule has 1 heterocycles. The van der Waals surface area contributed by atoms with Crippen LogP contribution in [0.15, 0.2) is 30.3 Å². The largest absolute Gasteiger partial charge is 0.479 e. The Morgan fingerprint density at radius 3 is 2.35 bits per heavy atom. The monoisotopic (exact) mass is 629 g/mol. The Balaban J connectivity index is 1.69. The molecule has 0 saturated carbocycles. The summed E-state index contributed by atoms with van der Waals surface area (Å²) in [6.45, 7) is 2.85. The number of carbonyl (C=O) groups is 4. The number of ketones is 1. The van der Waals surface area contributed by atoms with Crippen molar-refractivity contribution >= 4 is 35.3 Å². The van der Waals surface area contributed by atoms with E-state index in [1.54, 1.807) is 38.1 Å². The third kappa shape index (κ3) is 9.84. The van der Waals surface area contributed by atoms with Crippen molar-refractivity contribution in [3.63, 3.8) is 0 Å². The predicted octanol–water partition coefficient (Wildman–Crippen LogP) is 4.24. The summed E-state index contributed by atoms with van der Waals surface area (Å²) < 4.78 is 65.2. The van der Waals surface area contributed by atoms with Gasteiger partial charge in [0.2, 0.25) is 23.4 Å². The molecule has 1 fully saturated rings. The van der Waals surface area contributed by atoms with E-state index in [0.29, 0.717) is 24.4 Å². The van der Waals surface area contributed by atoms with Crippen molar-refractivity contribution in [2.45, 2.75) is 51.6 Å². The molecule has 3 atom stereocenters. The van der Waals surface area contributed by atoms with Gasteiger partial charge in [0.25, 0.3) is 0 Å². The summed E-state index contributed by atoms with van der Waals surface area (Å²) in [6.07, 6.45) is -0.213. The Labute approximate surface area is 250 Å². The third-order valence-corrected chi connectivity index (χ3v) is 6.88. The number of carbonyl (C=O) groups excluding carboxylic acids is 4. The molecule has 3 amide bonds. The molecule has 2 aromatic carbocycles. The Bertz CT molecular complexity index is 1320. The first-order chi connectivity index (χ1) is 20.3. The molecular weight excluding hydrogens is 598 g/mol. The summed E-state index contributed by atoms with van der Waals surface area (Å²) in [6, 6.07) is 4.42. The molecule has 9 nitrogen and oxygen atoms in total. The van der Waals surface area contributed by atoms with E-state index in [2.05, 4.69) is 16.0 Å². The smallest absolute Gasteiger partial charge is 0.407 e. The van der Waals surface area contributed by atoms with Crippen LogP contribution in [0.25, 0.3) is 0 Å². The van der Waals surface area contributed by atoms with E-state index >= 15 is 0 Å². The number of amides is 3. The van der Waals surface area contributed by atoms with Gasteiger partial charge in [0.15, 0.2) is 23.2 Å². The molecule has 0 spiro atoms. The first kappa shape index (κ1) is 33.6. The van der Waals surface area contributed by atoms with E-state index in [4.69, 9.17) is 21.1 Å². The number of alkyl carbamates (subject to hydrolysis) is 1. The molecule has 0 aliphatic carbocycles. The maximum absolute atomic E-state index is 14.0. The van der Waals surface area contributed by atoms with E-state index in [9.17, 15) is 36.7 Å². The molecular formula is C29H32ClF4N3O6. The van der Waals surface area contributed by atoms with E-state index in [1.807, 2.05) is 0 Å². The molecule has 1 saturated heterocycles. The van der Waals surface area contributed by atoms with E-state index in [1.165, 1.54) is 0 Å². The quantitative estimate of drug-likeness (QED) is 0.212. The van der Waals surface area contributed by atoms with Crippen LogP contribution < -0.4 is 20.7 Å². The van der Waals surface area contributed by atoms with Gasteiger partial charge in [-0.15, -0.1) is 0 Å². The average Bonchev–Trinajstić information content (AvgIpc) is 3.34. The van der Waals surface area contributed by atoms with Crippen LogP contribution in [0.2, 0.25) is 5.02 Å². The normalized spacial score (nSPS) is 15.9. The lowest BCUT2D eigenvalue weighted by Gasteiger charge is -2.25. The Morgan fingerprint density at radius 1 is 1.05 bits per heavy atom. The maximum Gasteiger partial charge on any atom is 0.407 e. The Hall–Kier alpha value is -3.87. The zero-order valence-electron chi connectivity index (χ0n) is 23.5. The van der Waals surface area contributed by atoms with Crippen LogP contribution in [0.4, 0.5) is 22.4 Å². The zero-order chi connectivity index (χ0) is 31.7. The molecule has 1 aliphatic heterocycles. The van der Waals surface area contributed by atoms with Crippen LogP contribution in [0.5, 0.6) is 5.75 Å². The zero-order valence-corrected chi connectivity index (χ0v) is 24.2. The van der Waals surface area contributed by atoms with E-state index in [0.717, 1.165) is 5.56 Å². The number of benzene rings is 2. The lowest BCUT2D eigenvalue weighted by Crippen LogP contribution is -2.53. The van der Waals surface area contributed by atoms with Gasteiger partial charge in [-0.2, -0.15) is 8.78 Å². The molecule has 2 unspecified atom stereocenters. The van der Waals surface area contributed by atoms with Gasteiger partial charge in [-0.05, 0) is 42.9 Å². The van der Waals surface area contributed by atoms with Gasteiger partial charge in [-0.25, -0.2) is 13.6 Å².